The molecule has 0 aliphatic rings. The van der Waals surface area contributed by atoms with Gasteiger partial charge >= 0.3 is 5.69 Å². The van der Waals surface area contributed by atoms with Crippen LogP contribution in [0.15, 0.2) is 71.6 Å². The van der Waals surface area contributed by atoms with Crippen LogP contribution in [0.4, 0.5) is 11.4 Å². The largest absolute Gasteiger partial charge is 0.744 e. The first-order valence-electron chi connectivity index (χ1n) is 6.86. The zero-order valence-electron chi connectivity index (χ0n) is 12.6. The van der Waals surface area contributed by atoms with Gasteiger partial charge in [0, 0.05) is 12.1 Å². The van der Waals surface area contributed by atoms with Crippen LogP contribution in [0.5, 0.6) is 0 Å². The second kappa shape index (κ2) is 7.48. The van der Waals surface area contributed by atoms with E-state index < -0.39 is 15.0 Å². The Morgan fingerprint density at radius 2 is 1.60 bits per heavy atom. The van der Waals surface area contributed by atoms with E-state index in [2.05, 4.69) is 4.98 Å². The Hall–Kier alpha value is -3.35. The van der Waals surface area contributed by atoms with Crippen molar-refractivity contribution in [1.29, 1.82) is 5.39 Å². The minimum Gasteiger partial charge on any atom is -0.744 e. The summed E-state index contributed by atoms with van der Waals surface area (Å²) in [4.78, 5) is 12.3. The van der Waals surface area contributed by atoms with Gasteiger partial charge in [-0.1, -0.05) is 36.4 Å². The van der Waals surface area contributed by atoms with Crippen molar-refractivity contribution in [3.05, 3.63) is 81.8 Å². The second-order valence-corrected chi connectivity index (χ2v) is 6.16. The molecule has 0 aliphatic carbocycles. The molecule has 0 saturated heterocycles. The van der Waals surface area contributed by atoms with Crippen LogP contribution < -0.4 is 0 Å². The number of benzene rings is 3. The molecule has 9 heteroatoms. The van der Waals surface area contributed by atoms with Gasteiger partial charge in [-0.2, -0.15) is 0 Å². The van der Waals surface area contributed by atoms with Crippen LogP contribution in [-0.4, -0.2) is 17.9 Å². The standard InChI is InChI=1S/C10H8O3S.C6H4N3O2/c11-14(12,13)10-7-3-5-8-4-1-2-6-9(8)10;7-8-5-2-1-3-6(4-5)9(10)11/h1-7H,(H,11,12,13);1-4H/q;+1/p-1. The molecule has 0 aromatic heterocycles. The maximum absolute atomic E-state index is 10.9. The molecule has 0 fully saturated rings. The van der Waals surface area contributed by atoms with E-state index in [0.29, 0.717) is 5.39 Å². The molecular weight excluding hydrogens is 346 g/mol. The summed E-state index contributed by atoms with van der Waals surface area (Å²) < 4.78 is 32.7. The molecule has 25 heavy (non-hydrogen) atoms. The van der Waals surface area contributed by atoms with Crippen molar-refractivity contribution in [3.8, 4) is 0 Å². The lowest BCUT2D eigenvalue weighted by atomic mass is 10.1. The summed E-state index contributed by atoms with van der Waals surface area (Å²) >= 11 is 0. The van der Waals surface area contributed by atoms with Crippen LogP contribution in [0.1, 0.15) is 0 Å². The Morgan fingerprint density at radius 1 is 0.960 bits per heavy atom. The smallest absolute Gasteiger partial charge is 0.391 e. The molecule has 0 heterocycles. The third-order valence-electron chi connectivity index (χ3n) is 3.17. The van der Waals surface area contributed by atoms with Crippen molar-refractivity contribution in [2.45, 2.75) is 4.90 Å². The summed E-state index contributed by atoms with van der Waals surface area (Å²) in [5.41, 5.74) is 0.0968. The molecule has 0 saturated carbocycles. The molecule has 0 bridgehead atoms. The Labute approximate surface area is 142 Å². The van der Waals surface area contributed by atoms with Crippen molar-refractivity contribution in [2.75, 3.05) is 0 Å². The number of nitrogens with zero attached hydrogens (tertiary/aromatic N) is 3. The van der Waals surface area contributed by atoms with Gasteiger partial charge in [0.15, 0.2) is 4.98 Å². The van der Waals surface area contributed by atoms with Crippen molar-refractivity contribution in [1.82, 2.24) is 0 Å². The number of diazo groups is 1. The van der Waals surface area contributed by atoms with Crippen LogP contribution in [0.2, 0.25) is 0 Å². The van der Waals surface area contributed by atoms with E-state index in [1.165, 1.54) is 30.3 Å². The molecule has 3 rings (SSSR count). The maximum Gasteiger partial charge on any atom is 0.391 e. The maximum atomic E-state index is 10.9. The zero-order chi connectivity index (χ0) is 18.4. The SMILES string of the molecule is N#[N+]c1cccc([N+](=O)[O-])c1.O=S(=O)([O-])c1cccc2ccccc12. The fourth-order valence-electron chi connectivity index (χ4n) is 2.08. The molecule has 0 N–H and O–H groups in total. The highest BCUT2D eigenvalue weighted by Gasteiger charge is 2.11. The fourth-order valence-corrected chi connectivity index (χ4v) is 2.78. The topological polar surface area (TPSA) is 128 Å². The molecule has 3 aromatic rings. The van der Waals surface area contributed by atoms with Gasteiger partial charge < -0.3 is 4.55 Å². The van der Waals surface area contributed by atoms with Gasteiger partial charge in [0.2, 0.25) is 5.39 Å². The van der Waals surface area contributed by atoms with E-state index in [-0.39, 0.29) is 16.3 Å². The van der Waals surface area contributed by atoms with Gasteiger partial charge in [-0.15, -0.1) is 0 Å². The normalized spacial score (nSPS) is 10.4. The molecule has 0 aliphatic heterocycles. The van der Waals surface area contributed by atoms with E-state index in [0.717, 1.165) is 5.39 Å². The number of rotatable bonds is 2. The van der Waals surface area contributed by atoms with E-state index in [4.69, 9.17) is 5.39 Å². The van der Waals surface area contributed by atoms with Gasteiger partial charge in [-0.25, -0.2) is 8.42 Å². The van der Waals surface area contributed by atoms with Crippen molar-refractivity contribution in [3.63, 3.8) is 0 Å². The van der Waals surface area contributed by atoms with Crippen LogP contribution in [0.25, 0.3) is 15.7 Å². The molecule has 0 amide bonds. The van der Waals surface area contributed by atoms with E-state index in [1.54, 1.807) is 36.4 Å². The Balaban J connectivity index is 0.000000186. The summed E-state index contributed by atoms with van der Waals surface area (Å²) in [6.45, 7) is 0. The monoisotopic (exact) mass is 357 g/mol. The highest BCUT2D eigenvalue weighted by molar-refractivity contribution is 7.86. The summed E-state index contributed by atoms with van der Waals surface area (Å²) in [6, 6.07) is 17.0. The summed E-state index contributed by atoms with van der Waals surface area (Å²) in [6.07, 6.45) is 0. The average Bonchev–Trinajstić information content (AvgIpc) is 2.61. The Bertz CT molecular complexity index is 1070. The van der Waals surface area contributed by atoms with Gasteiger partial charge in [0.25, 0.3) is 5.69 Å². The second-order valence-electron chi connectivity index (χ2n) is 4.81. The van der Waals surface area contributed by atoms with E-state index in [9.17, 15) is 23.1 Å². The lowest BCUT2D eigenvalue weighted by Crippen LogP contribution is -1.98. The average molecular weight is 357 g/mol. The highest BCUT2D eigenvalue weighted by Crippen LogP contribution is 2.22. The quantitative estimate of drug-likeness (QED) is 0.297. The molecule has 0 unspecified atom stereocenters. The molecule has 3 aromatic carbocycles. The predicted molar refractivity (Wildman–Crippen MR) is 89.8 cm³/mol. The number of non-ortho nitro benzene ring substituents is 1. The zero-order valence-corrected chi connectivity index (χ0v) is 13.5. The molecule has 8 nitrogen and oxygen atoms in total. The number of hydrogen-bond donors (Lipinski definition) is 0. The highest BCUT2D eigenvalue weighted by atomic mass is 32.2. The van der Waals surface area contributed by atoms with E-state index >= 15 is 0 Å². The number of fused-ring (bicyclic) bond motifs is 1. The lowest BCUT2D eigenvalue weighted by Gasteiger charge is -2.09. The third kappa shape index (κ3) is 4.57. The van der Waals surface area contributed by atoms with Crippen molar-refractivity contribution >= 4 is 32.3 Å². The third-order valence-corrected chi connectivity index (χ3v) is 4.07. The molecular formula is C16H11N3O5S. The van der Waals surface area contributed by atoms with Crippen LogP contribution >= 0.6 is 0 Å². The molecule has 126 valence electrons. The first-order chi connectivity index (χ1) is 11.8. The van der Waals surface area contributed by atoms with Gasteiger partial charge in [-0.05, 0) is 22.9 Å². The Kier molecular flexibility index (Phi) is 5.38. The van der Waals surface area contributed by atoms with Gasteiger partial charge in [-0.3, -0.25) is 10.1 Å². The van der Waals surface area contributed by atoms with E-state index in [1.807, 2.05) is 0 Å². The minimum absolute atomic E-state index is 0.0831. The number of nitro benzene ring substituents is 1. The molecule has 0 radical (unpaired) electrons. The summed E-state index contributed by atoms with van der Waals surface area (Å²) in [5.74, 6) is 0. The van der Waals surface area contributed by atoms with Crippen LogP contribution in [0.3, 0.4) is 0 Å². The van der Waals surface area contributed by atoms with Crippen LogP contribution in [-0.2, 0) is 10.1 Å². The summed E-state index contributed by atoms with van der Waals surface area (Å²) in [5, 5.41) is 19.6. The van der Waals surface area contributed by atoms with Crippen LogP contribution in [0, 0.1) is 15.5 Å². The van der Waals surface area contributed by atoms with Gasteiger partial charge in [0.05, 0.1) is 9.82 Å². The minimum atomic E-state index is -4.38. The fraction of sp³-hybridized carbons (Fsp3) is 0. The Morgan fingerprint density at radius 3 is 2.24 bits per heavy atom. The number of nitro groups is 1. The first-order valence-corrected chi connectivity index (χ1v) is 8.27. The van der Waals surface area contributed by atoms with Crippen molar-refractivity contribution in [2.24, 2.45) is 0 Å². The predicted octanol–water partition coefficient (Wildman–Crippen LogP) is 3.82. The molecule has 0 atom stereocenters. The van der Waals surface area contributed by atoms with Gasteiger partial charge in [0.1, 0.15) is 16.2 Å². The van der Waals surface area contributed by atoms with Crippen molar-refractivity contribution < 1.29 is 17.9 Å². The lowest BCUT2D eigenvalue weighted by molar-refractivity contribution is -0.384. The summed E-state index contributed by atoms with van der Waals surface area (Å²) in [7, 11) is -4.38. The first kappa shape index (κ1) is 18.0. The number of hydrogen-bond acceptors (Lipinski definition) is 6. The molecule has 0 spiro atoms.